The van der Waals surface area contributed by atoms with E-state index in [1.165, 1.54) is 11.8 Å². The van der Waals surface area contributed by atoms with Gasteiger partial charge in [-0.3, -0.25) is 0 Å². The van der Waals surface area contributed by atoms with Crippen molar-refractivity contribution in [1.82, 2.24) is 4.33 Å². The molecule has 0 fully saturated rings. The Hall–Kier alpha value is -1.34. The maximum absolute atomic E-state index is 12.1. The van der Waals surface area contributed by atoms with Crippen LogP contribution in [-0.2, 0) is 16.4 Å². The predicted molar refractivity (Wildman–Crippen MR) is 86.2 cm³/mol. The zero-order chi connectivity index (χ0) is 15.5. The van der Waals surface area contributed by atoms with Gasteiger partial charge in [-0.1, -0.05) is 38.5 Å². The Labute approximate surface area is 126 Å². The third kappa shape index (κ3) is 3.47. The number of rotatable bonds is 6. The summed E-state index contributed by atoms with van der Waals surface area (Å²) in [4.78, 5) is 0. The van der Waals surface area contributed by atoms with Crippen LogP contribution < -0.4 is 5.46 Å². The Bertz CT molecular complexity index is 631. The molecule has 5 nitrogen and oxygen atoms in total. The summed E-state index contributed by atoms with van der Waals surface area (Å²) in [5.41, 5.74) is 2.56. The topological polar surface area (TPSA) is 70.0 Å². The second-order valence-corrected chi connectivity index (χ2v) is 7.22. The van der Waals surface area contributed by atoms with Crippen molar-refractivity contribution < 1.29 is 13.4 Å². The van der Waals surface area contributed by atoms with Crippen LogP contribution in [0.1, 0.15) is 44.2 Å². The van der Waals surface area contributed by atoms with Gasteiger partial charge in [0, 0.05) is 0 Å². The van der Waals surface area contributed by atoms with Gasteiger partial charge in [0.15, 0.2) is 0 Å². The van der Waals surface area contributed by atoms with Crippen LogP contribution in [0.4, 0.5) is 0 Å². The van der Waals surface area contributed by atoms with Crippen LogP contribution >= 0.6 is 0 Å². The fourth-order valence-corrected chi connectivity index (χ4v) is 3.70. The van der Waals surface area contributed by atoms with Gasteiger partial charge in [-0.15, -0.1) is 0 Å². The van der Waals surface area contributed by atoms with E-state index in [1.54, 1.807) is 13.0 Å². The lowest BCUT2D eigenvalue weighted by Crippen LogP contribution is -2.52. The summed E-state index contributed by atoms with van der Waals surface area (Å²) in [7, 11) is -4.80. The van der Waals surface area contributed by atoms with Crippen LogP contribution in [0.15, 0.2) is 23.3 Å². The molecule has 1 N–H and O–H groups in total. The second-order valence-electron chi connectivity index (χ2n) is 5.27. The summed E-state index contributed by atoms with van der Waals surface area (Å²) in [5.74, 6) is -0.0225. The minimum absolute atomic E-state index is 0.0225. The van der Waals surface area contributed by atoms with Crippen LogP contribution in [0.3, 0.4) is 0 Å². The molecule has 0 radical (unpaired) electrons. The van der Waals surface area contributed by atoms with Crippen molar-refractivity contribution >= 4 is 28.8 Å². The van der Waals surface area contributed by atoms with E-state index in [4.69, 9.17) is 0 Å². The second kappa shape index (κ2) is 6.62. The number of hydrazone groups is 1. The molecule has 0 aliphatic carbocycles. The quantitative estimate of drug-likeness (QED) is 0.800. The Morgan fingerprint density at radius 2 is 2.05 bits per heavy atom. The highest BCUT2D eigenvalue weighted by Crippen LogP contribution is 2.14. The first-order chi connectivity index (χ1) is 9.99. The molecular weight excluding hydrogens is 287 g/mol. The first kappa shape index (κ1) is 16.0. The molecule has 0 amide bonds. The average molecular weight is 308 g/mol. The van der Waals surface area contributed by atoms with Gasteiger partial charge in [0.2, 0.25) is 10.0 Å². The summed E-state index contributed by atoms with van der Waals surface area (Å²) >= 11 is 0. The molecule has 1 aromatic carbocycles. The standard InChI is InChI=1S/C14H21BN2O3S/c1-3-5-6-12-7-8-14-13(10-12)11-16-17(15(14)18)21(19,20)9-4-2/h7-8,10-11,18H,3-6,9H2,1-2H3. The molecule has 2 rings (SSSR count). The SMILES string of the molecule is CCCCc1ccc2c(c1)C=NN(S(=O)(=O)CCC)B2O. The van der Waals surface area contributed by atoms with Crippen LogP contribution in [0.2, 0.25) is 0 Å². The van der Waals surface area contributed by atoms with E-state index >= 15 is 0 Å². The molecule has 0 saturated carbocycles. The summed E-state index contributed by atoms with van der Waals surface area (Å²) in [6.07, 6.45) is 5.21. The van der Waals surface area contributed by atoms with Gasteiger partial charge >= 0.3 is 7.05 Å². The fourth-order valence-electron chi connectivity index (χ4n) is 2.38. The monoisotopic (exact) mass is 308 g/mol. The minimum atomic E-state index is -3.56. The number of hydrogen-bond acceptors (Lipinski definition) is 4. The Kier molecular flexibility index (Phi) is 5.06. The smallest absolute Gasteiger partial charge is 0.427 e. The van der Waals surface area contributed by atoms with Gasteiger partial charge < -0.3 is 5.02 Å². The van der Waals surface area contributed by atoms with E-state index in [0.717, 1.165) is 29.2 Å². The molecule has 1 aliphatic heterocycles. The molecule has 0 bridgehead atoms. The normalized spacial score (nSPS) is 14.4. The predicted octanol–water partition coefficient (Wildman–Crippen LogP) is 1.11. The molecule has 0 spiro atoms. The fraction of sp³-hybridized carbons (Fsp3) is 0.500. The molecule has 0 aromatic heterocycles. The number of nitrogens with zero attached hydrogens (tertiary/aromatic N) is 2. The van der Waals surface area contributed by atoms with Gasteiger partial charge in [-0.2, -0.15) is 5.10 Å². The highest BCUT2D eigenvalue weighted by Gasteiger charge is 2.36. The lowest BCUT2D eigenvalue weighted by molar-refractivity contribution is 0.475. The summed E-state index contributed by atoms with van der Waals surface area (Å²) < 4.78 is 24.9. The maximum Gasteiger partial charge on any atom is 0.484 e. The van der Waals surface area contributed by atoms with Gasteiger partial charge in [-0.25, -0.2) is 12.7 Å². The first-order valence-corrected chi connectivity index (χ1v) is 8.97. The lowest BCUT2D eigenvalue weighted by Gasteiger charge is -2.26. The molecular formula is C14H21BN2O3S. The highest BCUT2D eigenvalue weighted by molar-refractivity contribution is 7.90. The molecule has 114 valence electrons. The number of aryl methyl sites for hydroxylation is 1. The molecule has 1 heterocycles. The number of unbranched alkanes of at least 4 members (excludes halogenated alkanes) is 1. The summed E-state index contributed by atoms with van der Waals surface area (Å²) in [5, 5.41) is 14.2. The van der Waals surface area contributed by atoms with Crippen molar-refractivity contribution in [3.05, 3.63) is 29.3 Å². The molecule has 0 saturated heterocycles. The Morgan fingerprint density at radius 1 is 1.29 bits per heavy atom. The van der Waals surface area contributed by atoms with E-state index in [0.29, 0.717) is 11.9 Å². The van der Waals surface area contributed by atoms with Crippen molar-refractivity contribution in [2.24, 2.45) is 5.10 Å². The number of benzene rings is 1. The number of hydrogen-bond donors (Lipinski definition) is 1. The summed E-state index contributed by atoms with van der Waals surface area (Å²) in [6.45, 7) is 3.92. The molecule has 1 aromatic rings. The van der Waals surface area contributed by atoms with Crippen LogP contribution in [0.25, 0.3) is 0 Å². The molecule has 0 atom stereocenters. The molecule has 1 aliphatic rings. The van der Waals surface area contributed by atoms with E-state index in [9.17, 15) is 13.4 Å². The van der Waals surface area contributed by atoms with E-state index in [-0.39, 0.29) is 5.75 Å². The van der Waals surface area contributed by atoms with E-state index < -0.39 is 17.1 Å². The zero-order valence-corrected chi connectivity index (χ0v) is 13.3. The van der Waals surface area contributed by atoms with E-state index in [2.05, 4.69) is 12.0 Å². The molecule has 7 heteroatoms. The average Bonchev–Trinajstić information content (AvgIpc) is 2.45. The van der Waals surface area contributed by atoms with Crippen LogP contribution in [0, 0.1) is 0 Å². The summed E-state index contributed by atoms with van der Waals surface area (Å²) in [6, 6.07) is 5.72. The Morgan fingerprint density at radius 3 is 2.71 bits per heavy atom. The molecule has 0 unspecified atom stereocenters. The van der Waals surface area contributed by atoms with Gasteiger partial charge in [-0.05, 0) is 35.9 Å². The van der Waals surface area contributed by atoms with Crippen LogP contribution in [0.5, 0.6) is 0 Å². The third-order valence-electron chi connectivity index (χ3n) is 3.52. The lowest BCUT2D eigenvalue weighted by atomic mass is 9.71. The third-order valence-corrected chi connectivity index (χ3v) is 5.30. The van der Waals surface area contributed by atoms with E-state index in [1.807, 2.05) is 12.1 Å². The highest BCUT2D eigenvalue weighted by atomic mass is 32.2. The largest absolute Gasteiger partial charge is 0.484 e. The maximum atomic E-state index is 12.1. The van der Waals surface area contributed by atoms with Crippen molar-refractivity contribution in [3.8, 4) is 0 Å². The zero-order valence-electron chi connectivity index (χ0n) is 12.5. The van der Waals surface area contributed by atoms with Gasteiger partial charge in [0.05, 0.1) is 12.0 Å². The Balaban J connectivity index is 2.27. The number of fused-ring (bicyclic) bond motifs is 1. The van der Waals surface area contributed by atoms with Crippen LogP contribution in [-0.4, -0.2) is 36.8 Å². The first-order valence-electron chi connectivity index (χ1n) is 7.36. The number of sulfonamides is 1. The van der Waals surface area contributed by atoms with Crippen molar-refractivity contribution in [3.63, 3.8) is 0 Å². The minimum Gasteiger partial charge on any atom is -0.427 e. The van der Waals surface area contributed by atoms with Crippen molar-refractivity contribution in [2.45, 2.75) is 39.5 Å². The van der Waals surface area contributed by atoms with Crippen molar-refractivity contribution in [1.29, 1.82) is 0 Å². The van der Waals surface area contributed by atoms with Gasteiger partial charge in [0.1, 0.15) is 0 Å². The van der Waals surface area contributed by atoms with Gasteiger partial charge in [0.25, 0.3) is 0 Å². The molecule has 21 heavy (non-hydrogen) atoms. The van der Waals surface area contributed by atoms with Crippen molar-refractivity contribution in [2.75, 3.05) is 5.75 Å².